The van der Waals surface area contributed by atoms with Gasteiger partial charge < -0.3 is 24.8 Å². The first-order chi connectivity index (χ1) is 23.3. The van der Waals surface area contributed by atoms with Crippen molar-refractivity contribution in [2.45, 2.75) is 102 Å². The summed E-state index contributed by atoms with van der Waals surface area (Å²) < 4.78 is 44.7. The first kappa shape index (κ1) is 38.0. The lowest BCUT2D eigenvalue weighted by Gasteiger charge is -2.24. The zero-order valence-corrected chi connectivity index (χ0v) is 30.4. The number of nitrogens with zero attached hydrogens (tertiary/aromatic N) is 2. The van der Waals surface area contributed by atoms with Gasteiger partial charge in [0.05, 0.1) is 24.5 Å². The number of esters is 1. The van der Waals surface area contributed by atoms with Crippen molar-refractivity contribution >= 4 is 54.8 Å². The summed E-state index contributed by atoms with van der Waals surface area (Å²) in [6.45, 7) is 7.10. The SMILES string of the molecule is CCCCOC(=O)NC(CCNS(=O)(=O)c1ccc(C(CC2CCCC2)C(=O)Nc2nc3ccc(OC)nc3s2)cc1)C(=O)OC(C)(C)C. The molecule has 3 aromatic rings. The van der Waals surface area contributed by atoms with Crippen LogP contribution in [0.5, 0.6) is 5.88 Å². The number of fused-ring (bicyclic) bond motifs is 1. The van der Waals surface area contributed by atoms with E-state index in [9.17, 15) is 22.8 Å². The summed E-state index contributed by atoms with van der Waals surface area (Å²) in [5, 5.41) is 5.87. The van der Waals surface area contributed by atoms with E-state index in [-0.39, 0.29) is 30.4 Å². The Morgan fingerprint density at radius 3 is 2.41 bits per heavy atom. The number of carbonyl (C=O) groups is 3. The molecule has 0 saturated heterocycles. The zero-order chi connectivity index (χ0) is 35.6. The summed E-state index contributed by atoms with van der Waals surface area (Å²) in [5.74, 6) is -0.588. The molecule has 15 heteroatoms. The Morgan fingerprint density at radius 2 is 1.76 bits per heavy atom. The highest BCUT2D eigenvalue weighted by molar-refractivity contribution is 7.89. The number of pyridine rings is 1. The summed E-state index contributed by atoms with van der Waals surface area (Å²) in [6.07, 6.45) is 5.62. The maximum Gasteiger partial charge on any atom is 0.407 e. The van der Waals surface area contributed by atoms with Gasteiger partial charge in [0.1, 0.15) is 22.0 Å². The molecule has 0 spiro atoms. The van der Waals surface area contributed by atoms with Gasteiger partial charge in [-0.1, -0.05) is 62.5 Å². The minimum atomic E-state index is -3.99. The van der Waals surface area contributed by atoms with Gasteiger partial charge in [-0.15, -0.1) is 0 Å². The standard InChI is InChI=1S/C34H47N5O8S2/c1-6-7-20-46-33(42)37-27(31(41)47-34(2,3)4)18-19-35-49(43,44)24-14-12-23(13-15-24)25(21-22-10-8-9-11-22)29(40)39-32-36-26-16-17-28(45-5)38-30(26)48-32/h12-17,22,25,27,35H,6-11,18-21H2,1-5H3,(H,37,42)(H,36,39,40). The van der Waals surface area contributed by atoms with Crippen LogP contribution in [-0.4, -0.2) is 68.3 Å². The average molecular weight is 718 g/mol. The zero-order valence-electron chi connectivity index (χ0n) is 28.7. The van der Waals surface area contributed by atoms with Crippen molar-refractivity contribution < 1.29 is 37.0 Å². The molecule has 1 fully saturated rings. The Hall–Kier alpha value is -3.82. The van der Waals surface area contributed by atoms with Crippen LogP contribution in [0.15, 0.2) is 41.3 Å². The molecule has 2 aromatic heterocycles. The minimum absolute atomic E-state index is 0.00298. The molecular weight excluding hydrogens is 671 g/mol. The van der Waals surface area contributed by atoms with Crippen LogP contribution in [0.25, 0.3) is 10.3 Å². The summed E-state index contributed by atoms with van der Waals surface area (Å²) in [6, 6.07) is 8.63. The van der Waals surface area contributed by atoms with Gasteiger partial charge in [0.15, 0.2) is 5.13 Å². The van der Waals surface area contributed by atoms with Crippen LogP contribution in [0.1, 0.15) is 90.5 Å². The number of rotatable bonds is 16. The van der Waals surface area contributed by atoms with E-state index >= 15 is 0 Å². The number of hydrogen-bond donors (Lipinski definition) is 3. The van der Waals surface area contributed by atoms with Crippen molar-refractivity contribution in [1.29, 1.82) is 0 Å². The van der Waals surface area contributed by atoms with Crippen molar-refractivity contribution in [2.24, 2.45) is 5.92 Å². The van der Waals surface area contributed by atoms with Crippen molar-refractivity contribution in [2.75, 3.05) is 25.6 Å². The number of methoxy groups -OCH3 is 1. The largest absolute Gasteiger partial charge is 0.481 e. The van der Waals surface area contributed by atoms with Crippen LogP contribution < -0.4 is 20.1 Å². The highest BCUT2D eigenvalue weighted by atomic mass is 32.2. The fourth-order valence-corrected chi connectivity index (χ4v) is 7.43. The summed E-state index contributed by atoms with van der Waals surface area (Å²) >= 11 is 1.26. The first-order valence-corrected chi connectivity index (χ1v) is 19.0. The summed E-state index contributed by atoms with van der Waals surface area (Å²) in [7, 11) is -2.45. The Balaban J connectivity index is 1.43. The van der Waals surface area contributed by atoms with Crippen molar-refractivity contribution in [3.8, 4) is 5.88 Å². The Bertz CT molecular complexity index is 1680. The third kappa shape index (κ3) is 11.4. The molecule has 2 atom stereocenters. The van der Waals surface area contributed by atoms with E-state index in [1.165, 1.54) is 30.6 Å². The van der Waals surface area contributed by atoms with E-state index in [0.29, 0.717) is 45.7 Å². The lowest BCUT2D eigenvalue weighted by molar-refractivity contribution is -0.157. The number of carbonyl (C=O) groups excluding carboxylic acids is 3. The molecule has 2 amide bonds. The van der Waals surface area contributed by atoms with Gasteiger partial charge in [0, 0.05) is 12.6 Å². The molecule has 1 aliphatic rings. The van der Waals surface area contributed by atoms with Gasteiger partial charge in [0.2, 0.25) is 21.8 Å². The van der Waals surface area contributed by atoms with Gasteiger partial charge >= 0.3 is 12.1 Å². The number of thiazole rings is 1. The molecule has 13 nitrogen and oxygen atoms in total. The highest BCUT2D eigenvalue weighted by Gasteiger charge is 2.30. The smallest absolute Gasteiger partial charge is 0.407 e. The minimum Gasteiger partial charge on any atom is -0.481 e. The quantitative estimate of drug-likeness (QED) is 0.119. The predicted octanol–water partition coefficient (Wildman–Crippen LogP) is 5.91. The highest BCUT2D eigenvalue weighted by Crippen LogP contribution is 2.36. The number of unbranched alkanes of at least 4 members (excludes halogenated alkanes) is 1. The van der Waals surface area contributed by atoms with Crippen LogP contribution in [0, 0.1) is 5.92 Å². The Kier molecular flexibility index (Phi) is 13.3. The van der Waals surface area contributed by atoms with Crippen LogP contribution in [0.3, 0.4) is 0 Å². The third-order valence-corrected chi connectivity index (χ3v) is 10.4. The van der Waals surface area contributed by atoms with E-state index in [1.54, 1.807) is 45.0 Å². The number of hydrogen-bond acceptors (Lipinski definition) is 11. The van der Waals surface area contributed by atoms with Crippen molar-refractivity contribution in [1.82, 2.24) is 20.0 Å². The monoisotopic (exact) mass is 717 g/mol. The van der Waals surface area contributed by atoms with E-state index in [2.05, 4.69) is 25.3 Å². The van der Waals surface area contributed by atoms with Gasteiger partial charge in [-0.2, -0.15) is 0 Å². The molecule has 49 heavy (non-hydrogen) atoms. The lowest BCUT2D eigenvalue weighted by atomic mass is 9.87. The van der Waals surface area contributed by atoms with E-state index < -0.39 is 39.6 Å². The van der Waals surface area contributed by atoms with Crippen LogP contribution >= 0.6 is 11.3 Å². The summed E-state index contributed by atoms with van der Waals surface area (Å²) in [4.78, 5) is 48.3. The van der Waals surface area contributed by atoms with Crippen LogP contribution in [-0.2, 0) is 29.1 Å². The van der Waals surface area contributed by atoms with Crippen molar-refractivity contribution in [3.05, 3.63) is 42.0 Å². The number of alkyl carbamates (subject to hydrolysis) is 1. The molecule has 1 aliphatic carbocycles. The Labute approximate surface area is 292 Å². The molecule has 1 saturated carbocycles. The van der Waals surface area contributed by atoms with E-state index in [0.717, 1.165) is 32.1 Å². The second-order valence-corrected chi connectivity index (χ2v) is 15.8. The number of anilines is 1. The topological polar surface area (TPSA) is 175 Å². The molecule has 4 rings (SSSR count). The number of ether oxygens (including phenoxy) is 3. The van der Waals surface area contributed by atoms with E-state index in [1.807, 2.05) is 6.92 Å². The molecule has 3 N–H and O–H groups in total. The number of benzene rings is 1. The predicted molar refractivity (Wildman–Crippen MR) is 187 cm³/mol. The summed E-state index contributed by atoms with van der Waals surface area (Å²) in [5.41, 5.74) is 0.534. The molecule has 2 unspecified atom stereocenters. The number of amides is 2. The van der Waals surface area contributed by atoms with Crippen LogP contribution in [0.4, 0.5) is 9.93 Å². The van der Waals surface area contributed by atoms with Crippen LogP contribution in [0.2, 0.25) is 0 Å². The lowest BCUT2D eigenvalue weighted by Crippen LogP contribution is -2.46. The maximum atomic E-state index is 13.7. The molecule has 268 valence electrons. The molecular formula is C34H47N5O8S2. The molecule has 0 aliphatic heterocycles. The number of sulfonamides is 1. The molecule has 0 radical (unpaired) electrons. The Morgan fingerprint density at radius 1 is 1.04 bits per heavy atom. The number of aromatic nitrogens is 2. The average Bonchev–Trinajstić information content (AvgIpc) is 3.71. The second-order valence-electron chi connectivity index (χ2n) is 13.1. The molecule has 2 heterocycles. The fourth-order valence-electron chi connectivity index (χ4n) is 5.55. The van der Waals surface area contributed by atoms with Gasteiger partial charge in [0.25, 0.3) is 0 Å². The van der Waals surface area contributed by atoms with Gasteiger partial charge in [-0.05, 0) is 69.7 Å². The fraction of sp³-hybridized carbons (Fsp3) is 0.559. The second kappa shape index (κ2) is 17.2. The molecule has 0 bridgehead atoms. The van der Waals surface area contributed by atoms with Gasteiger partial charge in [-0.25, -0.2) is 32.7 Å². The normalized spacial score (nSPS) is 15.0. The maximum absolute atomic E-state index is 13.7. The third-order valence-electron chi connectivity index (χ3n) is 8.06. The first-order valence-electron chi connectivity index (χ1n) is 16.7. The van der Waals surface area contributed by atoms with Crippen molar-refractivity contribution in [3.63, 3.8) is 0 Å². The van der Waals surface area contributed by atoms with Gasteiger partial charge in [-0.3, -0.25) is 4.79 Å². The number of nitrogens with one attached hydrogen (secondary N) is 3. The van der Waals surface area contributed by atoms with E-state index in [4.69, 9.17) is 14.2 Å². The molecule has 1 aromatic carbocycles.